The highest BCUT2D eigenvalue weighted by atomic mass is 16.6. The van der Waals surface area contributed by atoms with E-state index in [0.717, 1.165) is 5.56 Å². The molecule has 3 unspecified atom stereocenters. The number of esters is 1. The molecule has 0 fully saturated rings. The molecule has 3 atom stereocenters. The average molecular weight is 523 g/mol. The topological polar surface area (TPSA) is 138 Å². The van der Waals surface area contributed by atoms with Crippen molar-refractivity contribution in [1.82, 2.24) is 0 Å². The quantitative estimate of drug-likeness (QED) is 0.295. The van der Waals surface area contributed by atoms with Crippen LogP contribution in [0, 0.1) is 16.0 Å². The number of carbonyl (C=O) groups is 2. The zero-order chi connectivity index (χ0) is 27.6. The highest BCUT2D eigenvalue weighted by molar-refractivity contribution is 6.09. The Labute approximate surface area is 220 Å². The number of para-hydroxylation sites is 1. The number of phenols is 1. The van der Waals surface area contributed by atoms with E-state index in [4.69, 9.17) is 19.2 Å². The molecule has 0 saturated heterocycles. The Morgan fingerprint density at radius 3 is 2.53 bits per heavy atom. The monoisotopic (exact) mass is 522 g/mol. The first-order valence-electron chi connectivity index (χ1n) is 12.4. The number of nitro groups is 1. The first kappa shape index (κ1) is 26.8. The number of carbonyl (C=O) groups excluding carboxylic acids is 2. The van der Waals surface area contributed by atoms with Gasteiger partial charge in [0.2, 0.25) is 5.75 Å². The average Bonchev–Trinajstić information content (AvgIpc) is 2.90. The van der Waals surface area contributed by atoms with Crippen LogP contribution in [0.4, 0.5) is 5.69 Å². The van der Waals surface area contributed by atoms with Crippen LogP contribution in [0.3, 0.4) is 0 Å². The largest absolute Gasteiger partial charge is 0.500 e. The van der Waals surface area contributed by atoms with Crippen LogP contribution >= 0.6 is 0 Å². The molecule has 0 saturated carbocycles. The lowest BCUT2D eigenvalue weighted by atomic mass is 9.69. The highest BCUT2D eigenvalue weighted by Crippen LogP contribution is 2.50. The summed E-state index contributed by atoms with van der Waals surface area (Å²) in [6, 6.07) is 10.1. The molecule has 0 bridgehead atoms. The number of rotatable bonds is 8. The van der Waals surface area contributed by atoms with E-state index < -0.39 is 34.2 Å². The fourth-order valence-corrected chi connectivity index (χ4v) is 5.33. The maximum absolute atomic E-state index is 13.8. The summed E-state index contributed by atoms with van der Waals surface area (Å²) < 4.78 is 16.2. The highest BCUT2D eigenvalue weighted by Gasteiger charge is 2.46. The van der Waals surface area contributed by atoms with Crippen LogP contribution in [-0.4, -0.2) is 48.3 Å². The number of methoxy groups -OCH3 is 2. The number of ether oxygens (including phenoxy) is 3. The summed E-state index contributed by atoms with van der Waals surface area (Å²) in [6.45, 7) is 3.74. The molecule has 10 nitrogen and oxygen atoms in total. The molecule has 2 aliphatic rings. The summed E-state index contributed by atoms with van der Waals surface area (Å²) in [7, 11) is 2.85. The second-order valence-corrected chi connectivity index (χ2v) is 9.35. The minimum absolute atomic E-state index is 0.132. The summed E-state index contributed by atoms with van der Waals surface area (Å²) in [5.74, 6) is -2.94. The van der Waals surface area contributed by atoms with E-state index in [2.05, 4.69) is 0 Å². The van der Waals surface area contributed by atoms with Gasteiger partial charge in [-0.25, -0.2) is 0 Å². The van der Waals surface area contributed by atoms with Crippen LogP contribution < -0.4 is 9.47 Å². The predicted octanol–water partition coefficient (Wildman–Crippen LogP) is 4.85. The zero-order valence-electron chi connectivity index (χ0n) is 21.7. The van der Waals surface area contributed by atoms with Crippen LogP contribution in [0.5, 0.6) is 17.2 Å². The van der Waals surface area contributed by atoms with Gasteiger partial charge >= 0.3 is 11.7 Å². The first-order chi connectivity index (χ1) is 18.2. The van der Waals surface area contributed by atoms with E-state index in [1.807, 2.05) is 31.2 Å². The second-order valence-electron chi connectivity index (χ2n) is 9.35. The van der Waals surface area contributed by atoms with Gasteiger partial charge in [-0.1, -0.05) is 25.1 Å². The number of hydrogen-bond acceptors (Lipinski definition) is 9. The molecule has 2 aromatic carbocycles. The zero-order valence-corrected chi connectivity index (χ0v) is 21.7. The lowest BCUT2D eigenvalue weighted by Gasteiger charge is -2.36. The van der Waals surface area contributed by atoms with Gasteiger partial charge in [-0.15, -0.1) is 0 Å². The summed E-state index contributed by atoms with van der Waals surface area (Å²) in [6.07, 6.45) is 1.17. The second kappa shape index (κ2) is 11.0. The smallest absolute Gasteiger partial charge is 0.315 e. The van der Waals surface area contributed by atoms with Gasteiger partial charge in [-0.05, 0) is 43.0 Å². The van der Waals surface area contributed by atoms with Crippen molar-refractivity contribution in [1.29, 1.82) is 0 Å². The van der Waals surface area contributed by atoms with Crippen LogP contribution in [0.25, 0.3) is 0 Å². The molecule has 1 aliphatic carbocycles. The molecular weight excluding hydrogens is 492 g/mol. The van der Waals surface area contributed by atoms with Crippen LogP contribution in [-0.2, 0) is 14.3 Å². The Morgan fingerprint density at radius 1 is 1.16 bits per heavy atom. The SMILES string of the molecule is CCCOC(=O)C1C(C)=NC2=C(C(=O)CC(c3ccccc3OC)C2)C1c1cc(OC)c(O)c([N+](=O)[O-])c1. The van der Waals surface area contributed by atoms with Crippen molar-refractivity contribution in [2.24, 2.45) is 10.9 Å². The summed E-state index contributed by atoms with van der Waals surface area (Å²) >= 11 is 0. The Bertz CT molecular complexity index is 1350. The third kappa shape index (κ3) is 4.85. The summed E-state index contributed by atoms with van der Waals surface area (Å²) in [5.41, 5.74) is 1.87. The van der Waals surface area contributed by atoms with Crippen molar-refractivity contribution in [3.63, 3.8) is 0 Å². The van der Waals surface area contributed by atoms with E-state index >= 15 is 0 Å². The van der Waals surface area contributed by atoms with Gasteiger partial charge in [0.25, 0.3) is 0 Å². The lowest BCUT2D eigenvalue weighted by molar-refractivity contribution is -0.386. The molecule has 1 heterocycles. The number of ketones is 1. The number of aliphatic imine (C=N–C) groups is 1. The number of allylic oxidation sites excluding steroid dienone is 2. The van der Waals surface area contributed by atoms with Gasteiger partial charge < -0.3 is 19.3 Å². The Balaban J connectivity index is 1.89. The van der Waals surface area contributed by atoms with Crippen molar-refractivity contribution < 1.29 is 33.8 Å². The van der Waals surface area contributed by atoms with Crippen LogP contribution in [0.2, 0.25) is 0 Å². The molecule has 38 heavy (non-hydrogen) atoms. The number of Topliss-reactive ketones (excluding diaryl/α,β-unsaturated/α-hetero) is 1. The third-order valence-electron chi connectivity index (χ3n) is 7.02. The number of phenolic OH excluding ortho intramolecular Hbond substituents is 1. The normalized spacial score (nSPS) is 20.9. The number of nitrogens with zero attached hydrogens (tertiary/aromatic N) is 2. The molecule has 0 amide bonds. The van der Waals surface area contributed by atoms with Gasteiger partial charge in [0.05, 0.1) is 25.7 Å². The Morgan fingerprint density at radius 2 is 1.87 bits per heavy atom. The standard InChI is InChI=1S/C28H30N2O8/c1-5-10-38-28(33)24-15(2)29-19-11-16(18-8-6-7-9-22(18)36-3)13-21(31)26(19)25(24)17-12-20(30(34)35)27(32)23(14-17)37-4/h6-9,12,14,16,24-25,32H,5,10-11,13H2,1-4H3. The molecule has 1 N–H and O–H groups in total. The molecule has 0 aromatic heterocycles. The third-order valence-corrected chi connectivity index (χ3v) is 7.02. The molecule has 0 radical (unpaired) electrons. The van der Waals surface area contributed by atoms with Gasteiger partial charge in [-0.3, -0.25) is 24.7 Å². The number of nitro benzene ring substituents is 1. The van der Waals surface area contributed by atoms with Crippen molar-refractivity contribution in [2.75, 3.05) is 20.8 Å². The molecule has 10 heteroatoms. The molecule has 200 valence electrons. The van der Waals surface area contributed by atoms with Gasteiger partial charge in [0.15, 0.2) is 11.5 Å². The number of aromatic hydroxyl groups is 1. The minimum Gasteiger partial charge on any atom is -0.500 e. The molecule has 1 aliphatic heterocycles. The Kier molecular flexibility index (Phi) is 7.80. The molecule has 2 aromatic rings. The number of hydrogen-bond donors (Lipinski definition) is 1. The van der Waals surface area contributed by atoms with Gasteiger partial charge in [0, 0.05) is 41.3 Å². The van der Waals surface area contributed by atoms with Gasteiger partial charge in [0.1, 0.15) is 11.7 Å². The van der Waals surface area contributed by atoms with E-state index in [0.29, 0.717) is 35.6 Å². The van der Waals surface area contributed by atoms with E-state index in [9.17, 15) is 24.8 Å². The van der Waals surface area contributed by atoms with Crippen LogP contribution in [0.15, 0.2) is 52.7 Å². The van der Waals surface area contributed by atoms with Crippen molar-refractivity contribution in [3.8, 4) is 17.2 Å². The van der Waals surface area contributed by atoms with Crippen molar-refractivity contribution in [3.05, 3.63) is 68.9 Å². The lowest BCUT2D eigenvalue weighted by Crippen LogP contribution is -2.38. The van der Waals surface area contributed by atoms with Crippen molar-refractivity contribution in [2.45, 2.75) is 44.9 Å². The maximum Gasteiger partial charge on any atom is 0.315 e. The summed E-state index contributed by atoms with van der Waals surface area (Å²) in [4.78, 5) is 42.8. The minimum atomic E-state index is -0.971. The molecule has 0 spiro atoms. The Hall–Kier alpha value is -4.21. The van der Waals surface area contributed by atoms with E-state index in [1.165, 1.54) is 19.2 Å². The van der Waals surface area contributed by atoms with Crippen molar-refractivity contribution >= 4 is 23.2 Å². The first-order valence-corrected chi connectivity index (χ1v) is 12.4. The number of benzene rings is 2. The molecular formula is C28H30N2O8. The fraction of sp³-hybridized carbons (Fsp3) is 0.393. The van der Waals surface area contributed by atoms with E-state index in [1.54, 1.807) is 14.0 Å². The fourth-order valence-electron chi connectivity index (χ4n) is 5.33. The van der Waals surface area contributed by atoms with Crippen LogP contribution in [0.1, 0.15) is 56.1 Å². The predicted molar refractivity (Wildman–Crippen MR) is 139 cm³/mol. The molecule has 4 rings (SSSR count). The summed E-state index contributed by atoms with van der Waals surface area (Å²) in [5, 5.41) is 22.1. The van der Waals surface area contributed by atoms with Gasteiger partial charge in [-0.2, -0.15) is 0 Å². The van der Waals surface area contributed by atoms with E-state index in [-0.39, 0.29) is 36.0 Å². The maximum atomic E-state index is 13.8.